The molecule has 0 radical (unpaired) electrons. The highest BCUT2D eigenvalue weighted by Gasteiger charge is 2.26. The highest BCUT2D eigenvalue weighted by molar-refractivity contribution is 7.15. The summed E-state index contributed by atoms with van der Waals surface area (Å²) >= 11 is 1.88. The van der Waals surface area contributed by atoms with Crippen molar-refractivity contribution in [3.05, 3.63) is 10.6 Å². The number of nitrogens with zero attached hydrogens (tertiary/aromatic N) is 2. The minimum atomic E-state index is 0.126. The standard InChI is InChI=1S/C17H31N3S/c1-6-7-13-8-10-20(11-9-13)16-19-15(17(2,3)4)14(21-16)12-18-5/h13,18H,6-12H2,1-5H3. The SMILES string of the molecule is CCCC1CCN(c2nc(C(C)(C)C)c(CNC)s2)CC1. The molecule has 0 aliphatic carbocycles. The first-order chi connectivity index (χ1) is 9.95. The summed E-state index contributed by atoms with van der Waals surface area (Å²) in [6, 6.07) is 0. The molecule has 2 heterocycles. The molecule has 1 fully saturated rings. The summed E-state index contributed by atoms with van der Waals surface area (Å²) in [4.78, 5) is 8.90. The van der Waals surface area contributed by atoms with Gasteiger partial charge in [0.05, 0.1) is 5.69 Å². The summed E-state index contributed by atoms with van der Waals surface area (Å²) < 4.78 is 0. The Kier molecular flexibility index (Phi) is 5.67. The number of thiazole rings is 1. The Hall–Kier alpha value is -0.610. The van der Waals surface area contributed by atoms with Crippen molar-refractivity contribution in [3.63, 3.8) is 0 Å². The highest BCUT2D eigenvalue weighted by atomic mass is 32.1. The molecule has 1 aromatic rings. The lowest BCUT2D eigenvalue weighted by Crippen LogP contribution is -2.33. The van der Waals surface area contributed by atoms with E-state index in [2.05, 4.69) is 37.9 Å². The third-order valence-corrected chi connectivity index (χ3v) is 5.43. The second-order valence-corrected chi connectivity index (χ2v) is 8.33. The summed E-state index contributed by atoms with van der Waals surface area (Å²) in [6.45, 7) is 12.4. The van der Waals surface area contributed by atoms with Gasteiger partial charge in [0, 0.05) is 29.9 Å². The second-order valence-electron chi connectivity index (χ2n) is 7.27. The largest absolute Gasteiger partial charge is 0.348 e. The number of anilines is 1. The van der Waals surface area contributed by atoms with Crippen LogP contribution in [-0.2, 0) is 12.0 Å². The maximum absolute atomic E-state index is 5.00. The van der Waals surface area contributed by atoms with E-state index in [1.165, 1.54) is 54.5 Å². The van der Waals surface area contributed by atoms with Gasteiger partial charge in [0.25, 0.3) is 0 Å². The van der Waals surface area contributed by atoms with Crippen molar-refractivity contribution < 1.29 is 0 Å². The molecule has 0 bridgehead atoms. The summed E-state index contributed by atoms with van der Waals surface area (Å²) in [6.07, 6.45) is 5.38. The maximum Gasteiger partial charge on any atom is 0.185 e. The molecule has 1 aliphatic rings. The highest BCUT2D eigenvalue weighted by Crippen LogP contribution is 2.35. The van der Waals surface area contributed by atoms with Crippen LogP contribution in [0.1, 0.15) is 63.9 Å². The number of aromatic nitrogens is 1. The molecule has 0 saturated carbocycles. The Bertz CT molecular complexity index is 439. The number of hydrogen-bond donors (Lipinski definition) is 1. The Balaban J connectivity index is 2.10. The predicted molar refractivity (Wildman–Crippen MR) is 93.4 cm³/mol. The van der Waals surface area contributed by atoms with Gasteiger partial charge in [-0.05, 0) is 25.8 Å². The fourth-order valence-corrected chi connectivity index (χ4v) is 4.50. The fraction of sp³-hybridized carbons (Fsp3) is 0.824. The monoisotopic (exact) mass is 309 g/mol. The van der Waals surface area contributed by atoms with Crippen molar-refractivity contribution >= 4 is 16.5 Å². The van der Waals surface area contributed by atoms with Gasteiger partial charge in [0.15, 0.2) is 5.13 Å². The molecular weight excluding hydrogens is 278 g/mol. The zero-order valence-corrected chi connectivity index (χ0v) is 15.1. The lowest BCUT2D eigenvalue weighted by molar-refractivity contribution is 0.378. The molecule has 1 N–H and O–H groups in total. The zero-order chi connectivity index (χ0) is 15.5. The Labute approximate surface area is 134 Å². The van der Waals surface area contributed by atoms with Crippen LogP contribution < -0.4 is 10.2 Å². The van der Waals surface area contributed by atoms with E-state index >= 15 is 0 Å². The third kappa shape index (κ3) is 4.19. The molecule has 0 aromatic carbocycles. The number of nitrogens with one attached hydrogen (secondary N) is 1. The first-order valence-electron chi connectivity index (χ1n) is 8.35. The molecule has 4 heteroatoms. The summed E-state index contributed by atoms with van der Waals surface area (Å²) in [5, 5.41) is 4.52. The minimum Gasteiger partial charge on any atom is -0.348 e. The van der Waals surface area contributed by atoms with Gasteiger partial charge in [-0.15, -0.1) is 11.3 Å². The van der Waals surface area contributed by atoms with Crippen LogP contribution in [0.3, 0.4) is 0 Å². The van der Waals surface area contributed by atoms with Gasteiger partial charge in [0.2, 0.25) is 0 Å². The van der Waals surface area contributed by atoms with Crippen LogP contribution in [0.4, 0.5) is 5.13 Å². The van der Waals surface area contributed by atoms with Gasteiger partial charge < -0.3 is 10.2 Å². The molecule has 3 nitrogen and oxygen atoms in total. The van der Waals surface area contributed by atoms with Gasteiger partial charge in [-0.3, -0.25) is 0 Å². The van der Waals surface area contributed by atoms with Crippen LogP contribution in [0.15, 0.2) is 0 Å². The molecule has 120 valence electrons. The van der Waals surface area contributed by atoms with Gasteiger partial charge >= 0.3 is 0 Å². The van der Waals surface area contributed by atoms with E-state index < -0.39 is 0 Å². The molecule has 1 saturated heterocycles. The molecule has 0 unspecified atom stereocenters. The fourth-order valence-electron chi connectivity index (χ4n) is 3.16. The number of piperidine rings is 1. The first kappa shape index (κ1) is 16.8. The molecule has 0 spiro atoms. The molecule has 0 amide bonds. The molecule has 0 atom stereocenters. The topological polar surface area (TPSA) is 28.2 Å². The van der Waals surface area contributed by atoms with Crippen molar-refractivity contribution in [2.24, 2.45) is 5.92 Å². The first-order valence-corrected chi connectivity index (χ1v) is 9.17. The van der Waals surface area contributed by atoms with Crippen LogP contribution in [0, 0.1) is 5.92 Å². The van der Waals surface area contributed by atoms with E-state index in [1.807, 2.05) is 18.4 Å². The van der Waals surface area contributed by atoms with Gasteiger partial charge in [-0.25, -0.2) is 4.98 Å². The van der Waals surface area contributed by atoms with Crippen molar-refractivity contribution in [2.45, 2.75) is 65.3 Å². The van der Waals surface area contributed by atoms with E-state index in [9.17, 15) is 0 Å². The van der Waals surface area contributed by atoms with Crippen LogP contribution in [-0.4, -0.2) is 25.1 Å². The average molecular weight is 310 g/mol. The normalized spacial score (nSPS) is 17.5. The van der Waals surface area contributed by atoms with Crippen molar-refractivity contribution in [2.75, 3.05) is 25.0 Å². The smallest absolute Gasteiger partial charge is 0.185 e. The quantitative estimate of drug-likeness (QED) is 0.884. The number of hydrogen-bond acceptors (Lipinski definition) is 4. The maximum atomic E-state index is 5.00. The number of rotatable bonds is 5. The van der Waals surface area contributed by atoms with Crippen LogP contribution in [0.25, 0.3) is 0 Å². The Morgan fingerprint density at radius 3 is 2.48 bits per heavy atom. The minimum absolute atomic E-state index is 0.126. The molecule has 21 heavy (non-hydrogen) atoms. The van der Waals surface area contributed by atoms with Crippen molar-refractivity contribution in [1.82, 2.24) is 10.3 Å². The van der Waals surface area contributed by atoms with Gasteiger partial charge in [-0.1, -0.05) is 40.5 Å². The van der Waals surface area contributed by atoms with Gasteiger partial charge in [0.1, 0.15) is 0 Å². The zero-order valence-electron chi connectivity index (χ0n) is 14.3. The third-order valence-electron chi connectivity index (χ3n) is 4.32. The van der Waals surface area contributed by atoms with Crippen LogP contribution >= 0.6 is 11.3 Å². The lowest BCUT2D eigenvalue weighted by atomic mass is 9.91. The van der Waals surface area contributed by atoms with Crippen molar-refractivity contribution in [3.8, 4) is 0 Å². The van der Waals surface area contributed by atoms with Crippen molar-refractivity contribution in [1.29, 1.82) is 0 Å². The van der Waals surface area contributed by atoms with E-state index in [0.717, 1.165) is 12.5 Å². The molecular formula is C17H31N3S. The van der Waals surface area contributed by atoms with E-state index in [0.29, 0.717) is 0 Å². The second kappa shape index (κ2) is 7.10. The Morgan fingerprint density at radius 1 is 1.29 bits per heavy atom. The predicted octanol–water partition coefficient (Wildman–Crippen LogP) is 4.18. The Morgan fingerprint density at radius 2 is 1.95 bits per heavy atom. The molecule has 1 aromatic heterocycles. The van der Waals surface area contributed by atoms with Gasteiger partial charge in [-0.2, -0.15) is 0 Å². The average Bonchev–Trinajstić information content (AvgIpc) is 2.84. The van der Waals surface area contributed by atoms with Crippen LogP contribution in [0.5, 0.6) is 0 Å². The van der Waals surface area contributed by atoms with E-state index in [1.54, 1.807) is 0 Å². The summed E-state index contributed by atoms with van der Waals surface area (Å²) in [5.41, 5.74) is 1.40. The van der Waals surface area contributed by atoms with E-state index in [4.69, 9.17) is 4.98 Å². The molecule has 2 rings (SSSR count). The lowest BCUT2D eigenvalue weighted by Gasteiger charge is -2.31. The van der Waals surface area contributed by atoms with Crippen LogP contribution in [0.2, 0.25) is 0 Å². The summed E-state index contributed by atoms with van der Waals surface area (Å²) in [7, 11) is 2.02. The molecule has 1 aliphatic heterocycles. The van der Waals surface area contributed by atoms with E-state index in [-0.39, 0.29) is 5.41 Å². The summed E-state index contributed by atoms with van der Waals surface area (Å²) in [5.74, 6) is 0.935.